The average Bonchev–Trinajstić information content (AvgIpc) is 3.23. The maximum absolute atomic E-state index is 12.0. The van der Waals surface area contributed by atoms with Gasteiger partial charge in [-0.05, 0) is 24.1 Å². The minimum absolute atomic E-state index is 0.166. The van der Waals surface area contributed by atoms with Gasteiger partial charge in [-0.2, -0.15) is 0 Å². The van der Waals surface area contributed by atoms with Crippen LogP contribution in [0.15, 0.2) is 54.7 Å². The first kappa shape index (κ1) is 13.8. The van der Waals surface area contributed by atoms with Crippen LogP contribution >= 0.6 is 0 Å². The summed E-state index contributed by atoms with van der Waals surface area (Å²) < 4.78 is 1.87. The standard InChI is InChI=1S/C17H17N5O/c23-17(19-14-10-13(14)12-6-2-1-3-7-12)18-11-16-21-20-15-8-4-5-9-22(15)16/h1-9,13-14H,10-11H2,(H2,18,19,23)/t13-,14+/m0/s1. The molecule has 6 nitrogen and oxygen atoms in total. The number of carbonyl (C=O) groups excluding carboxylic acids is 1. The highest BCUT2D eigenvalue weighted by Gasteiger charge is 2.39. The molecule has 0 unspecified atom stereocenters. The lowest BCUT2D eigenvalue weighted by molar-refractivity contribution is 0.239. The Labute approximate surface area is 133 Å². The van der Waals surface area contributed by atoms with Crippen LogP contribution in [-0.2, 0) is 6.54 Å². The third kappa shape index (κ3) is 2.88. The van der Waals surface area contributed by atoms with E-state index in [2.05, 4.69) is 33.0 Å². The van der Waals surface area contributed by atoms with Gasteiger partial charge >= 0.3 is 6.03 Å². The number of fused-ring (bicyclic) bond motifs is 1. The second-order valence-corrected chi connectivity index (χ2v) is 5.73. The number of rotatable bonds is 4. The lowest BCUT2D eigenvalue weighted by Crippen LogP contribution is -2.37. The van der Waals surface area contributed by atoms with Crippen LogP contribution in [0.3, 0.4) is 0 Å². The Morgan fingerprint density at radius 1 is 1.13 bits per heavy atom. The third-order valence-corrected chi connectivity index (χ3v) is 4.13. The van der Waals surface area contributed by atoms with E-state index in [-0.39, 0.29) is 12.1 Å². The summed E-state index contributed by atoms with van der Waals surface area (Å²) in [7, 11) is 0. The zero-order chi connectivity index (χ0) is 15.6. The quantitative estimate of drug-likeness (QED) is 0.775. The minimum atomic E-state index is -0.166. The van der Waals surface area contributed by atoms with Crippen LogP contribution in [0, 0.1) is 0 Å². The molecule has 2 aromatic heterocycles. The Kier molecular flexibility index (Phi) is 3.42. The van der Waals surface area contributed by atoms with Gasteiger partial charge in [0.15, 0.2) is 11.5 Å². The number of hydrogen-bond acceptors (Lipinski definition) is 3. The molecule has 0 spiro atoms. The molecule has 116 valence electrons. The predicted octanol–water partition coefficient (Wildman–Crippen LogP) is 2.08. The number of nitrogens with zero attached hydrogens (tertiary/aromatic N) is 3. The fourth-order valence-corrected chi connectivity index (χ4v) is 2.81. The summed E-state index contributed by atoms with van der Waals surface area (Å²) in [5, 5.41) is 14.0. The number of pyridine rings is 1. The third-order valence-electron chi connectivity index (χ3n) is 4.13. The molecule has 0 bridgehead atoms. The van der Waals surface area contributed by atoms with E-state index >= 15 is 0 Å². The molecule has 1 aliphatic rings. The van der Waals surface area contributed by atoms with Gasteiger partial charge < -0.3 is 10.6 Å². The second-order valence-electron chi connectivity index (χ2n) is 5.73. The van der Waals surface area contributed by atoms with Crippen molar-refractivity contribution in [2.75, 3.05) is 0 Å². The summed E-state index contributed by atoms with van der Waals surface area (Å²) >= 11 is 0. The summed E-state index contributed by atoms with van der Waals surface area (Å²) in [5.74, 6) is 1.14. The molecular formula is C17H17N5O. The van der Waals surface area contributed by atoms with Gasteiger partial charge in [0, 0.05) is 18.2 Å². The Morgan fingerprint density at radius 2 is 1.96 bits per heavy atom. The highest BCUT2D eigenvalue weighted by Crippen LogP contribution is 2.40. The molecule has 2 heterocycles. The van der Waals surface area contributed by atoms with Gasteiger partial charge in [-0.25, -0.2) is 4.79 Å². The van der Waals surface area contributed by atoms with Crippen LogP contribution in [0.5, 0.6) is 0 Å². The lowest BCUT2D eigenvalue weighted by atomic mass is 10.1. The van der Waals surface area contributed by atoms with Crippen molar-refractivity contribution in [1.82, 2.24) is 25.2 Å². The molecule has 2 N–H and O–H groups in total. The number of aromatic nitrogens is 3. The Hall–Kier alpha value is -2.89. The van der Waals surface area contributed by atoms with Gasteiger partial charge in [0.25, 0.3) is 0 Å². The van der Waals surface area contributed by atoms with Crippen molar-refractivity contribution in [3.05, 3.63) is 66.1 Å². The first-order valence-corrected chi connectivity index (χ1v) is 7.69. The van der Waals surface area contributed by atoms with Gasteiger partial charge in [0.2, 0.25) is 0 Å². The summed E-state index contributed by atoms with van der Waals surface area (Å²) in [6.07, 6.45) is 2.88. The zero-order valence-electron chi connectivity index (χ0n) is 12.5. The van der Waals surface area contributed by atoms with Crippen LogP contribution in [0.25, 0.3) is 5.65 Å². The highest BCUT2D eigenvalue weighted by atomic mass is 16.2. The van der Waals surface area contributed by atoms with E-state index in [1.807, 2.05) is 47.0 Å². The zero-order valence-corrected chi connectivity index (χ0v) is 12.5. The number of nitrogens with one attached hydrogen (secondary N) is 2. The summed E-state index contributed by atoms with van der Waals surface area (Å²) in [5.41, 5.74) is 2.05. The molecule has 1 fully saturated rings. The maximum atomic E-state index is 12.0. The van der Waals surface area contributed by atoms with Crippen molar-refractivity contribution in [3.8, 4) is 0 Å². The molecule has 2 atom stereocenters. The van der Waals surface area contributed by atoms with E-state index in [9.17, 15) is 4.79 Å². The Morgan fingerprint density at radius 3 is 2.83 bits per heavy atom. The Bertz CT molecular complexity index is 829. The molecule has 23 heavy (non-hydrogen) atoms. The van der Waals surface area contributed by atoms with Crippen LogP contribution in [0.4, 0.5) is 4.79 Å². The first-order valence-electron chi connectivity index (χ1n) is 7.69. The molecule has 3 aromatic rings. The smallest absolute Gasteiger partial charge is 0.315 e. The van der Waals surface area contributed by atoms with Gasteiger partial charge in [0.05, 0.1) is 6.54 Å². The van der Waals surface area contributed by atoms with Crippen molar-refractivity contribution in [3.63, 3.8) is 0 Å². The van der Waals surface area contributed by atoms with Crippen molar-refractivity contribution in [1.29, 1.82) is 0 Å². The van der Waals surface area contributed by atoms with E-state index < -0.39 is 0 Å². The summed E-state index contributed by atoms with van der Waals surface area (Å²) in [6, 6.07) is 16.0. The number of benzene rings is 1. The van der Waals surface area contributed by atoms with Crippen molar-refractivity contribution >= 4 is 11.7 Å². The minimum Gasteiger partial charge on any atom is -0.335 e. The van der Waals surface area contributed by atoms with Gasteiger partial charge in [0.1, 0.15) is 0 Å². The molecule has 1 saturated carbocycles. The summed E-state index contributed by atoms with van der Waals surface area (Å²) in [6.45, 7) is 0.347. The van der Waals surface area contributed by atoms with E-state index in [1.54, 1.807) is 0 Å². The predicted molar refractivity (Wildman–Crippen MR) is 85.9 cm³/mol. The second kappa shape index (κ2) is 5.72. The van der Waals surface area contributed by atoms with Crippen LogP contribution in [0.2, 0.25) is 0 Å². The molecule has 2 amide bonds. The molecule has 1 aromatic carbocycles. The molecular weight excluding hydrogens is 290 g/mol. The van der Waals surface area contributed by atoms with Crippen molar-refractivity contribution in [2.45, 2.75) is 24.9 Å². The Balaban J connectivity index is 1.31. The van der Waals surface area contributed by atoms with Crippen LogP contribution in [-0.4, -0.2) is 26.7 Å². The van der Waals surface area contributed by atoms with Gasteiger partial charge in [-0.1, -0.05) is 36.4 Å². The average molecular weight is 307 g/mol. The molecule has 1 aliphatic carbocycles. The fraction of sp³-hybridized carbons (Fsp3) is 0.235. The normalized spacial score (nSPS) is 19.5. The van der Waals surface area contributed by atoms with E-state index in [1.165, 1.54) is 5.56 Å². The van der Waals surface area contributed by atoms with Gasteiger partial charge in [-0.15, -0.1) is 10.2 Å². The summed E-state index contributed by atoms with van der Waals surface area (Å²) in [4.78, 5) is 12.0. The van der Waals surface area contributed by atoms with E-state index in [0.29, 0.717) is 18.3 Å². The molecule has 4 rings (SSSR count). The number of hydrogen-bond donors (Lipinski definition) is 2. The number of amides is 2. The van der Waals surface area contributed by atoms with Crippen molar-refractivity contribution in [2.24, 2.45) is 0 Å². The first-order chi connectivity index (χ1) is 11.3. The molecule has 6 heteroatoms. The number of urea groups is 1. The largest absolute Gasteiger partial charge is 0.335 e. The molecule has 0 radical (unpaired) electrons. The SMILES string of the molecule is O=C(NCc1nnc2ccccn12)N[C@@H]1C[C@H]1c1ccccc1. The maximum Gasteiger partial charge on any atom is 0.315 e. The number of carbonyl (C=O) groups is 1. The van der Waals surface area contributed by atoms with E-state index in [0.717, 1.165) is 12.1 Å². The van der Waals surface area contributed by atoms with E-state index in [4.69, 9.17) is 0 Å². The molecule has 0 aliphatic heterocycles. The lowest BCUT2D eigenvalue weighted by Gasteiger charge is -2.06. The molecule has 0 saturated heterocycles. The highest BCUT2D eigenvalue weighted by molar-refractivity contribution is 5.74. The fourth-order valence-electron chi connectivity index (χ4n) is 2.81. The van der Waals surface area contributed by atoms with Crippen LogP contribution < -0.4 is 10.6 Å². The van der Waals surface area contributed by atoms with Crippen LogP contribution in [0.1, 0.15) is 23.7 Å². The topological polar surface area (TPSA) is 71.3 Å². The van der Waals surface area contributed by atoms with Crippen molar-refractivity contribution < 1.29 is 4.79 Å². The monoisotopic (exact) mass is 307 g/mol. The van der Waals surface area contributed by atoms with Gasteiger partial charge in [-0.3, -0.25) is 4.40 Å².